The minimum atomic E-state index is -0.328. The predicted molar refractivity (Wildman–Crippen MR) is 95.2 cm³/mol. The SMILES string of the molecule is CCOC(=O)/C=C/c1cccc(NCCc2ccccc2N)c1. The van der Waals surface area contributed by atoms with Gasteiger partial charge in [-0.2, -0.15) is 0 Å². The number of para-hydroxylation sites is 1. The van der Waals surface area contributed by atoms with Gasteiger partial charge in [-0.15, -0.1) is 0 Å². The van der Waals surface area contributed by atoms with E-state index in [4.69, 9.17) is 10.5 Å². The molecular formula is C19H22N2O2. The molecule has 0 saturated carbocycles. The molecule has 0 aliphatic rings. The van der Waals surface area contributed by atoms with Crippen LogP contribution in [0.25, 0.3) is 6.08 Å². The van der Waals surface area contributed by atoms with E-state index in [1.54, 1.807) is 13.0 Å². The van der Waals surface area contributed by atoms with Crippen LogP contribution >= 0.6 is 0 Å². The third-order valence-corrected chi connectivity index (χ3v) is 3.36. The molecule has 2 rings (SSSR count). The fraction of sp³-hybridized carbons (Fsp3) is 0.211. The van der Waals surface area contributed by atoms with Gasteiger partial charge in [0.05, 0.1) is 6.61 Å². The number of hydrogen-bond donors (Lipinski definition) is 2. The molecule has 4 heteroatoms. The molecule has 0 heterocycles. The first-order chi connectivity index (χ1) is 11.2. The third kappa shape index (κ3) is 5.51. The van der Waals surface area contributed by atoms with Crippen LogP contribution in [0.4, 0.5) is 11.4 Å². The summed E-state index contributed by atoms with van der Waals surface area (Å²) in [6.45, 7) is 2.96. The van der Waals surface area contributed by atoms with E-state index >= 15 is 0 Å². The zero-order chi connectivity index (χ0) is 16.5. The van der Waals surface area contributed by atoms with Crippen molar-refractivity contribution >= 4 is 23.4 Å². The molecule has 0 atom stereocenters. The van der Waals surface area contributed by atoms with Gasteiger partial charge in [0.15, 0.2) is 0 Å². The molecule has 0 aromatic heterocycles. The summed E-state index contributed by atoms with van der Waals surface area (Å²) in [4.78, 5) is 11.3. The Morgan fingerprint density at radius 1 is 1.22 bits per heavy atom. The molecule has 3 N–H and O–H groups in total. The molecule has 0 unspecified atom stereocenters. The monoisotopic (exact) mass is 310 g/mol. The number of carbonyl (C=O) groups excluding carboxylic acids is 1. The highest BCUT2D eigenvalue weighted by Crippen LogP contribution is 2.14. The molecule has 0 radical (unpaired) electrons. The Labute approximate surface area is 137 Å². The summed E-state index contributed by atoms with van der Waals surface area (Å²) in [6, 6.07) is 15.8. The van der Waals surface area contributed by atoms with Crippen molar-refractivity contribution in [2.75, 3.05) is 24.2 Å². The van der Waals surface area contributed by atoms with Crippen LogP contribution in [0.3, 0.4) is 0 Å². The number of nitrogen functional groups attached to an aromatic ring is 1. The van der Waals surface area contributed by atoms with Crippen molar-refractivity contribution in [2.24, 2.45) is 0 Å². The van der Waals surface area contributed by atoms with Crippen LogP contribution < -0.4 is 11.1 Å². The molecule has 0 fully saturated rings. The maximum atomic E-state index is 11.3. The fourth-order valence-corrected chi connectivity index (χ4v) is 2.21. The van der Waals surface area contributed by atoms with Gasteiger partial charge in [0.1, 0.15) is 0 Å². The molecule has 23 heavy (non-hydrogen) atoms. The topological polar surface area (TPSA) is 64.3 Å². The third-order valence-electron chi connectivity index (χ3n) is 3.36. The average molecular weight is 310 g/mol. The summed E-state index contributed by atoms with van der Waals surface area (Å²) in [5.74, 6) is -0.328. The van der Waals surface area contributed by atoms with Gasteiger partial charge in [-0.25, -0.2) is 4.79 Å². The van der Waals surface area contributed by atoms with Crippen LogP contribution in [0, 0.1) is 0 Å². The Kier molecular flexibility index (Phi) is 6.24. The van der Waals surface area contributed by atoms with Crippen LogP contribution in [0.15, 0.2) is 54.6 Å². The lowest BCUT2D eigenvalue weighted by Gasteiger charge is -2.09. The Hall–Kier alpha value is -2.75. The molecule has 0 amide bonds. The second-order valence-electron chi connectivity index (χ2n) is 5.09. The van der Waals surface area contributed by atoms with E-state index in [1.807, 2.05) is 48.5 Å². The Morgan fingerprint density at radius 3 is 2.83 bits per heavy atom. The highest BCUT2D eigenvalue weighted by Gasteiger charge is 1.99. The molecule has 0 saturated heterocycles. The van der Waals surface area contributed by atoms with Crippen molar-refractivity contribution in [3.8, 4) is 0 Å². The van der Waals surface area contributed by atoms with E-state index in [0.717, 1.165) is 35.5 Å². The van der Waals surface area contributed by atoms with E-state index in [0.29, 0.717) is 6.61 Å². The highest BCUT2D eigenvalue weighted by molar-refractivity contribution is 5.87. The number of nitrogens with two attached hydrogens (primary N) is 1. The van der Waals surface area contributed by atoms with E-state index in [1.165, 1.54) is 6.08 Å². The zero-order valence-corrected chi connectivity index (χ0v) is 13.3. The van der Waals surface area contributed by atoms with Crippen molar-refractivity contribution in [1.29, 1.82) is 0 Å². The normalized spacial score (nSPS) is 10.7. The zero-order valence-electron chi connectivity index (χ0n) is 13.3. The van der Waals surface area contributed by atoms with Crippen molar-refractivity contribution in [3.63, 3.8) is 0 Å². The summed E-state index contributed by atoms with van der Waals surface area (Å²) in [7, 11) is 0. The minimum absolute atomic E-state index is 0.328. The van der Waals surface area contributed by atoms with Crippen molar-refractivity contribution < 1.29 is 9.53 Å². The van der Waals surface area contributed by atoms with Gasteiger partial charge < -0.3 is 15.8 Å². The molecule has 0 aliphatic carbocycles. The molecule has 0 bridgehead atoms. The second-order valence-corrected chi connectivity index (χ2v) is 5.09. The van der Waals surface area contributed by atoms with Crippen LogP contribution in [0.5, 0.6) is 0 Å². The molecule has 120 valence electrons. The van der Waals surface area contributed by atoms with Crippen molar-refractivity contribution in [2.45, 2.75) is 13.3 Å². The van der Waals surface area contributed by atoms with E-state index in [-0.39, 0.29) is 5.97 Å². The lowest BCUT2D eigenvalue weighted by atomic mass is 10.1. The Bertz CT molecular complexity index is 681. The maximum Gasteiger partial charge on any atom is 0.330 e. The number of rotatable bonds is 7. The number of benzene rings is 2. The first-order valence-electron chi connectivity index (χ1n) is 7.71. The van der Waals surface area contributed by atoms with Gasteiger partial charge in [0.2, 0.25) is 0 Å². The number of hydrogen-bond acceptors (Lipinski definition) is 4. The summed E-state index contributed by atoms with van der Waals surface area (Å²) >= 11 is 0. The number of carbonyl (C=O) groups is 1. The molecule has 0 aliphatic heterocycles. The average Bonchev–Trinajstić information content (AvgIpc) is 2.55. The lowest BCUT2D eigenvalue weighted by Crippen LogP contribution is -2.06. The van der Waals surface area contributed by atoms with Crippen LogP contribution in [-0.4, -0.2) is 19.1 Å². The van der Waals surface area contributed by atoms with Crippen molar-refractivity contribution in [3.05, 3.63) is 65.7 Å². The van der Waals surface area contributed by atoms with Crippen LogP contribution in [0.2, 0.25) is 0 Å². The molecule has 2 aromatic rings. The van der Waals surface area contributed by atoms with Gasteiger partial charge in [-0.1, -0.05) is 30.3 Å². The van der Waals surface area contributed by atoms with Crippen LogP contribution in [-0.2, 0) is 16.0 Å². The van der Waals surface area contributed by atoms with Gasteiger partial charge in [0, 0.05) is 24.0 Å². The van der Waals surface area contributed by atoms with E-state index in [2.05, 4.69) is 5.32 Å². The minimum Gasteiger partial charge on any atom is -0.463 e. The predicted octanol–water partition coefficient (Wildman–Crippen LogP) is 3.50. The van der Waals surface area contributed by atoms with Gasteiger partial charge >= 0.3 is 5.97 Å². The first kappa shape index (κ1) is 16.6. The van der Waals surface area contributed by atoms with E-state index < -0.39 is 0 Å². The summed E-state index contributed by atoms with van der Waals surface area (Å²) in [6.07, 6.45) is 4.04. The van der Waals surface area contributed by atoms with Gasteiger partial charge in [-0.05, 0) is 48.7 Å². The largest absolute Gasteiger partial charge is 0.463 e. The molecule has 4 nitrogen and oxygen atoms in total. The number of esters is 1. The fourth-order valence-electron chi connectivity index (χ4n) is 2.21. The molecule has 0 spiro atoms. The summed E-state index contributed by atoms with van der Waals surface area (Å²) in [5.41, 5.74) is 9.84. The number of nitrogens with one attached hydrogen (secondary N) is 1. The van der Waals surface area contributed by atoms with Crippen molar-refractivity contribution in [1.82, 2.24) is 0 Å². The van der Waals surface area contributed by atoms with E-state index in [9.17, 15) is 4.79 Å². The van der Waals surface area contributed by atoms with Gasteiger partial charge in [-0.3, -0.25) is 0 Å². The second kappa shape index (κ2) is 8.63. The Balaban J connectivity index is 1.90. The summed E-state index contributed by atoms with van der Waals surface area (Å²) < 4.78 is 4.87. The molecular weight excluding hydrogens is 288 g/mol. The number of ether oxygens (including phenoxy) is 1. The Morgan fingerprint density at radius 2 is 2.04 bits per heavy atom. The maximum absolute atomic E-state index is 11.3. The standard InChI is InChI=1S/C19H22N2O2/c1-2-23-19(22)11-10-15-6-5-8-17(14-15)21-13-12-16-7-3-4-9-18(16)20/h3-11,14,21H,2,12-13,20H2,1H3/b11-10+. The summed E-state index contributed by atoms with van der Waals surface area (Å²) in [5, 5.41) is 3.37. The molecule has 2 aromatic carbocycles. The highest BCUT2D eigenvalue weighted by atomic mass is 16.5. The number of anilines is 2. The quantitative estimate of drug-likeness (QED) is 0.467. The van der Waals surface area contributed by atoms with Crippen LogP contribution in [0.1, 0.15) is 18.1 Å². The lowest BCUT2D eigenvalue weighted by molar-refractivity contribution is -0.137. The first-order valence-corrected chi connectivity index (χ1v) is 7.71. The smallest absolute Gasteiger partial charge is 0.330 e. The van der Waals surface area contributed by atoms with Gasteiger partial charge in [0.25, 0.3) is 0 Å².